The topological polar surface area (TPSA) is 56.0 Å². The summed E-state index contributed by atoms with van der Waals surface area (Å²) in [6.45, 7) is 0. The van der Waals surface area contributed by atoms with Gasteiger partial charge in [0, 0.05) is 12.6 Å². The van der Waals surface area contributed by atoms with Gasteiger partial charge in [-0.15, -0.1) is 11.8 Å². The zero-order chi connectivity index (χ0) is 9.68. The van der Waals surface area contributed by atoms with E-state index in [9.17, 15) is 4.79 Å². The van der Waals surface area contributed by atoms with E-state index in [4.69, 9.17) is 5.73 Å². The normalized spacial score (nSPS) is 9.92. The van der Waals surface area contributed by atoms with Crippen LogP contribution in [0.1, 0.15) is 12.0 Å². The molecular formula is C9H12N2OS. The first-order valence-corrected chi connectivity index (χ1v) is 5.22. The van der Waals surface area contributed by atoms with Gasteiger partial charge in [0.05, 0.1) is 5.03 Å². The maximum Gasteiger partial charge on any atom is 0.217 e. The Morgan fingerprint density at radius 3 is 2.85 bits per heavy atom. The zero-order valence-corrected chi connectivity index (χ0v) is 8.30. The van der Waals surface area contributed by atoms with Crippen LogP contribution in [0, 0.1) is 0 Å². The molecule has 4 heteroatoms. The van der Waals surface area contributed by atoms with Crippen molar-refractivity contribution in [3.8, 4) is 0 Å². The lowest BCUT2D eigenvalue weighted by molar-refractivity contribution is -0.117. The number of thioether (sulfide) groups is 1. The molecule has 0 bridgehead atoms. The summed E-state index contributed by atoms with van der Waals surface area (Å²) >= 11 is 1.60. The molecule has 0 radical (unpaired) electrons. The molecule has 1 rings (SSSR count). The standard InChI is InChI=1S/C9H12N2OS/c1-13-9-5-3-7(6-11-9)2-4-8(10)12/h3,5-6H,2,4H2,1H3,(H2,10,12). The Kier molecular flexibility index (Phi) is 3.76. The third-order valence-corrected chi connectivity index (χ3v) is 2.33. The summed E-state index contributed by atoms with van der Waals surface area (Å²) in [6, 6.07) is 3.92. The number of rotatable bonds is 4. The maximum absolute atomic E-state index is 10.5. The van der Waals surface area contributed by atoms with E-state index in [1.807, 2.05) is 18.4 Å². The highest BCUT2D eigenvalue weighted by atomic mass is 32.2. The van der Waals surface area contributed by atoms with E-state index in [1.54, 1.807) is 18.0 Å². The Morgan fingerprint density at radius 2 is 2.38 bits per heavy atom. The fourth-order valence-corrected chi connectivity index (χ4v) is 1.31. The molecule has 0 saturated carbocycles. The molecule has 0 fully saturated rings. The number of nitrogens with two attached hydrogens (primary N) is 1. The first-order chi connectivity index (χ1) is 6.22. The third-order valence-electron chi connectivity index (χ3n) is 1.67. The number of aromatic nitrogens is 1. The van der Waals surface area contributed by atoms with Crippen LogP contribution in [0.3, 0.4) is 0 Å². The third kappa shape index (κ3) is 3.46. The van der Waals surface area contributed by atoms with E-state index in [0.717, 1.165) is 10.6 Å². The summed E-state index contributed by atoms with van der Waals surface area (Å²) in [5, 5.41) is 0.989. The average molecular weight is 196 g/mol. The zero-order valence-electron chi connectivity index (χ0n) is 7.49. The highest BCUT2D eigenvalue weighted by molar-refractivity contribution is 7.98. The number of carbonyl (C=O) groups is 1. The van der Waals surface area contributed by atoms with Crippen LogP contribution >= 0.6 is 11.8 Å². The molecule has 1 heterocycles. The Balaban J connectivity index is 2.54. The number of primary amides is 1. The lowest BCUT2D eigenvalue weighted by Crippen LogP contribution is -2.11. The molecule has 0 spiro atoms. The Bertz CT molecular complexity index is 284. The van der Waals surface area contributed by atoms with Crippen molar-refractivity contribution in [2.45, 2.75) is 17.9 Å². The minimum Gasteiger partial charge on any atom is -0.370 e. The summed E-state index contributed by atoms with van der Waals surface area (Å²) in [7, 11) is 0. The van der Waals surface area contributed by atoms with E-state index < -0.39 is 0 Å². The number of aryl methyl sites for hydroxylation is 1. The monoisotopic (exact) mass is 196 g/mol. The molecule has 0 saturated heterocycles. The van der Waals surface area contributed by atoms with E-state index in [0.29, 0.717) is 12.8 Å². The van der Waals surface area contributed by atoms with Gasteiger partial charge in [0.25, 0.3) is 0 Å². The van der Waals surface area contributed by atoms with Crippen LogP contribution in [0.2, 0.25) is 0 Å². The number of hydrogen-bond donors (Lipinski definition) is 1. The summed E-state index contributed by atoms with van der Waals surface area (Å²) < 4.78 is 0. The summed E-state index contributed by atoms with van der Waals surface area (Å²) in [5.41, 5.74) is 6.09. The first kappa shape index (κ1) is 10.1. The molecule has 70 valence electrons. The van der Waals surface area contributed by atoms with Crippen LogP contribution in [0.5, 0.6) is 0 Å². The quantitative estimate of drug-likeness (QED) is 0.737. The SMILES string of the molecule is CSc1ccc(CCC(N)=O)cn1. The van der Waals surface area contributed by atoms with Crippen molar-refractivity contribution in [2.75, 3.05) is 6.26 Å². The van der Waals surface area contributed by atoms with Gasteiger partial charge in [-0.05, 0) is 24.3 Å². The second-order valence-electron chi connectivity index (χ2n) is 2.68. The molecular weight excluding hydrogens is 184 g/mol. The molecule has 0 aliphatic rings. The van der Waals surface area contributed by atoms with Crippen LogP contribution < -0.4 is 5.73 Å². The van der Waals surface area contributed by atoms with Gasteiger partial charge in [-0.2, -0.15) is 0 Å². The van der Waals surface area contributed by atoms with Crippen molar-refractivity contribution in [1.29, 1.82) is 0 Å². The second-order valence-corrected chi connectivity index (χ2v) is 3.50. The Morgan fingerprint density at radius 1 is 1.62 bits per heavy atom. The van der Waals surface area contributed by atoms with Crippen LogP contribution in [0.4, 0.5) is 0 Å². The van der Waals surface area contributed by atoms with Crippen LogP contribution in [0.15, 0.2) is 23.4 Å². The molecule has 1 amide bonds. The van der Waals surface area contributed by atoms with E-state index in [2.05, 4.69) is 4.98 Å². The predicted octanol–water partition coefficient (Wildman–Crippen LogP) is 1.22. The van der Waals surface area contributed by atoms with Gasteiger partial charge in [-0.25, -0.2) is 4.98 Å². The van der Waals surface area contributed by atoms with Crippen molar-refractivity contribution >= 4 is 17.7 Å². The summed E-state index contributed by atoms with van der Waals surface area (Å²) in [4.78, 5) is 14.7. The number of nitrogens with zero attached hydrogens (tertiary/aromatic N) is 1. The molecule has 0 aliphatic carbocycles. The predicted molar refractivity (Wildman–Crippen MR) is 53.5 cm³/mol. The van der Waals surface area contributed by atoms with Crippen molar-refractivity contribution in [3.63, 3.8) is 0 Å². The van der Waals surface area contributed by atoms with Gasteiger partial charge in [-0.3, -0.25) is 4.79 Å². The molecule has 1 aromatic rings. The van der Waals surface area contributed by atoms with Gasteiger partial charge in [0.15, 0.2) is 0 Å². The molecule has 3 nitrogen and oxygen atoms in total. The largest absolute Gasteiger partial charge is 0.370 e. The fourth-order valence-electron chi connectivity index (χ4n) is 0.947. The van der Waals surface area contributed by atoms with Crippen LogP contribution in [0.25, 0.3) is 0 Å². The van der Waals surface area contributed by atoms with Gasteiger partial charge >= 0.3 is 0 Å². The molecule has 13 heavy (non-hydrogen) atoms. The highest BCUT2D eigenvalue weighted by Crippen LogP contribution is 2.11. The Hall–Kier alpha value is -1.03. The maximum atomic E-state index is 10.5. The van der Waals surface area contributed by atoms with Gasteiger partial charge in [0.1, 0.15) is 0 Å². The van der Waals surface area contributed by atoms with Crippen molar-refractivity contribution in [2.24, 2.45) is 5.73 Å². The molecule has 2 N–H and O–H groups in total. The second kappa shape index (κ2) is 4.87. The number of pyridine rings is 1. The number of carbonyl (C=O) groups excluding carboxylic acids is 1. The van der Waals surface area contributed by atoms with Crippen molar-refractivity contribution < 1.29 is 4.79 Å². The van der Waals surface area contributed by atoms with Gasteiger partial charge < -0.3 is 5.73 Å². The lowest BCUT2D eigenvalue weighted by Gasteiger charge is -1.99. The number of hydrogen-bond acceptors (Lipinski definition) is 3. The van der Waals surface area contributed by atoms with E-state index >= 15 is 0 Å². The van der Waals surface area contributed by atoms with Gasteiger partial charge in [-0.1, -0.05) is 6.07 Å². The van der Waals surface area contributed by atoms with Crippen LogP contribution in [-0.4, -0.2) is 17.1 Å². The average Bonchev–Trinajstić information content (AvgIpc) is 2.15. The minimum absolute atomic E-state index is 0.269. The highest BCUT2D eigenvalue weighted by Gasteiger charge is 1.97. The fraction of sp³-hybridized carbons (Fsp3) is 0.333. The van der Waals surface area contributed by atoms with E-state index in [-0.39, 0.29) is 5.91 Å². The smallest absolute Gasteiger partial charge is 0.217 e. The Labute approximate surface area is 81.7 Å². The molecule has 0 aliphatic heterocycles. The molecule has 1 aromatic heterocycles. The summed E-state index contributed by atoms with van der Waals surface area (Å²) in [6.07, 6.45) is 4.83. The summed E-state index contributed by atoms with van der Waals surface area (Å²) in [5.74, 6) is -0.269. The molecule has 0 aromatic carbocycles. The van der Waals surface area contributed by atoms with Crippen LogP contribution in [-0.2, 0) is 11.2 Å². The van der Waals surface area contributed by atoms with Crippen molar-refractivity contribution in [1.82, 2.24) is 4.98 Å². The molecule has 0 atom stereocenters. The molecule has 0 unspecified atom stereocenters. The van der Waals surface area contributed by atoms with E-state index in [1.165, 1.54) is 0 Å². The number of amides is 1. The van der Waals surface area contributed by atoms with Crippen molar-refractivity contribution in [3.05, 3.63) is 23.9 Å². The van der Waals surface area contributed by atoms with Gasteiger partial charge in [0.2, 0.25) is 5.91 Å². The first-order valence-electron chi connectivity index (χ1n) is 3.99. The lowest BCUT2D eigenvalue weighted by atomic mass is 10.1. The minimum atomic E-state index is -0.269.